The number of rotatable bonds is 3. The molecular formula is C20H14N4O4S2. The maximum atomic E-state index is 13.4. The number of amidine groups is 1. The second kappa shape index (κ2) is 6.78. The van der Waals surface area contributed by atoms with Crippen molar-refractivity contribution in [3.63, 3.8) is 0 Å². The normalized spacial score (nSPS) is 14.7. The van der Waals surface area contributed by atoms with E-state index in [1.54, 1.807) is 30.3 Å². The van der Waals surface area contributed by atoms with E-state index in [-0.39, 0.29) is 34.3 Å². The maximum absolute atomic E-state index is 13.4. The summed E-state index contributed by atoms with van der Waals surface area (Å²) in [5.41, 5.74) is -0.215. The minimum absolute atomic E-state index is 0.00890. The average Bonchev–Trinajstić information content (AvgIpc) is 3.24. The van der Waals surface area contributed by atoms with Gasteiger partial charge in [0.25, 0.3) is 15.6 Å². The number of fused-ring (bicyclic) bond motifs is 2. The second-order valence-corrected chi connectivity index (χ2v) is 9.21. The SMILES string of the molecule is O=c1c(C2=NS(=O)(=O)c3ccccc3N2)c(O)c2cccnc2n1Cc1cccs1. The summed E-state index contributed by atoms with van der Waals surface area (Å²) < 4.78 is 30.5. The quantitative estimate of drug-likeness (QED) is 0.508. The van der Waals surface area contributed by atoms with Crippen LogP contribution in [0, 0.1) is 0 Å². The fraction of sp³-hybridized carbons (Fsp3) is 0.0500. The molecule has 0 spiro atoms. The molecule has 4 heterocycles. The number of sulfonamides is 1. The third-order valence-electron chi connectivity index (χ3n) is 4.75. The van der Waals surface area contributed by atoms with Crippen molar-refractivity contribution in [1.82, 2.24) is 9.55 Å². The van der Waals surface area contributed by atoms with Crippen LogP contribution in [0.4, 0.5) is 5.69 Å². The molecule has 0 saturated carbocycles. The predicted molar refractivity (Wildman–Crippen MR) is 115 cm³/mol. The molecule has 4 aromatic rings. The molecule has 8 nitrogen and oxygen atoms in total. The zero-order valence-corrected chi connectivity index (χ0v) is 16.9. The molecule has 1 aliphatic heterocycles. The lowest BCUT2D eigenvalue weighted by molar-refractivity contribution is 0.477. The molecule has 0 amide bonds. The van der Waals surface area contributed by atoms with Gasteiger partial charge >= 0.3 is 0 Å². The number of hydrogen-bond donors (Lipinski definition) is 2. The Labute approximate surface area is 174 Å². The van der Waals surface area contributed by atoms with Crippen molar-refractivity contribution < 1.29 is 13.5 Å². The Morgan fingerprint density at radius 3 is 2.73 bits per heavy atom. The van der Waals surface area contributed by atoms with Crippen LogP contribution < -0.4 is 10.9 Å². The smallest absolute Gasteiger partial charge is 0.286 e. The van der Waals surface area contributed by atoms with E-state index in [2.05, 4.69) is 14.7 Å². The standard InChI is InChI=1S/C20H14N4O4S2/c25-17-13-6-3-9-21-19(13)24(11-12-5-4-10-29-12)20(26)16(17)18-22-14-7-1-2-8-15(14)30(27,28)23-18/h1-10,25H,11H2,(H,22,23). The molecule has 2 N–H and O–H groups in total. The zero-order valence-electron chi connectivity index (χ0n) is 15.3. The lowest BCUT2D eigenvalue weighted by atomic mass is 10.1. The van der Waals surface area contributed by atoms with E-state index in [1.807, 2.05) is 17.5 Å². The van der Waals surface area contributed by atoms with Gasteiger partial charge in [-0.15, -0.1) is 15.7 Å². The van der Waals surface area contributed by atoms with Gasteiger partial charge in [-0.3, -0.25) is 9.36 Å². The molecule has 0 atom stereocenters. The summed E-state index contributed by atoms with van der Waals surface area (Å²) in [6.45, 7) is 0.230. The van der Waals surface area contributed by atoms with Gasteiger partial charge in [0, 0.05) is 11.1 Å². The van der Waals surface area contributed by atoms with Crippen LogP contribution in [0.3, 0.4) is 0 Å². The van der Waals surface area contributed by atoms with Gasteiger partial charge in [0.15, 0.2) is 5.84 Å². The minimum Gasteiger partial charge on any atom is -0.506 e. The predicted octanol–water partition coefficient (Wildman–Crippen LogP) is 2.77. The van der Waals surface area contributed by atoms with Gasteiger partial charge in [-0.1, -0.05) is 18.2 Å². The molecular weight excluding hydrogens is 424 g/mol. The monoisotopic (exact) mass is 438 g/mol. The molecule has 3 aromatic heterocycles. The molecule has 30 heavy (non-hydrogen) atoms. The molecule has 5 rings (SSSR count). The Hall–Kier alpha value is -3.50. The highest BCUT2D eigenvalue weighted by atomic mass is 32.2. The van der Waals surface area contributed by atoms with Crippen molar-refractivity contribution in [3.05, 3.63) is 80.9 Å². The minimum atomic E-state index is -4.04. The molecule has 1 aromatic carbocycles. The number of para-hydroxylation sites is 1. The van der Waals surface area contributed by atoms with E-state index >= 15 is 0 Å². The molecule has 0 radical (unpaired) electrons. The van der Waals surface area contributed by atoms with Crippen molar-refractivity contribution in [3.8, 4) is 5.75 Å². The Morgan fingerprint density at radius 2 is 1.93 bits per heavy atom. The molecule has 0 aliphatic carbocycles. The number of thiophene rings is 1. The van der Waals surface area contributed by atoms with E-state index in [9.17, 15) is 18.3 Å². The lowest BCUT2D eigenvalue weighted by Gasteiger charge is -2.20. The van der Waals surface area contributed by atoms with E-state index in [4.69, 9.17) is 0 Å². The number of aromatic hydroxyl groups is 1. The van der Waals surface area contributed by atoms with Gasteiger partial charge in [-0.2, -0.15) is 8.42 Å². The Balaban J connectivity index is 1.79. The van der Waals surface area contributed by atoms with Crippen LogP contribution in [0.5, 0.6) is 5.75 Å². The first-order chi connectivity index (χ1) is 14.5. The lowest BCUT2D eigenvalue weighted by Crippen LogP contribution is -2.33. The van der Waals surface area contributed by atoms with Crippen molar-refractivity contribution in [2.75, 3.05) is 5.32 Å². The molecule has 1 aliphatic rings. The van der Waals surface area contributed by atoms with Gasteiger partial charge in [0.2, 0.25) is 0 Å². The summed E-state index contributed by atoms with van der Waals surface area (Å²) in [6, 6.07) is 13.3. The van der Waals surface area contributed by atoms with Crippen LogP contribution in [0.15, 0.2) is 74.2 Å². The van der Waals surface area contributed by atoms with E-state index < -0.39 is 15.6 Å². The number of nitrogens with zero attached hydrogens (tertiary/aromatic N) is 3. The summed E-state index contributed by atoms with van der Waals surface area (Å²) in [5.74, 6) is -0.590. The Kier molecular flexibility index (Phi) is 4.19. The van der Waals surface area contributed by atoms with Crippen LogP contribution in [0.2, 0.25) is 0 Å². The van der Waals surface area contributed by atoms with Crippen LogP contribution in [-0.2, 0) is 16.6 Å². The van der Waals surface area contributed by atoms with Crippen molar-refractivity contribution in [1.29, 1.82) is 0 Å². The highest BCUT2D eigenvalue weighted by molar-refractivity contribution is 7.90. The maximum Gasteiger partial charge on any atom is 0.286 e. The fourth-order valence-electron chi connectivity index (χ4n) is 3.41. The molecule has 150 valence electrons. The highest BCUT2D eigenvalue weighted by Gasteiger charge is 2.29. The van der Waals surface area contributed by atoms with E-state index in [0.717, 1.165) is 4.88 Å². The Bertz CT molecular complexity index is 1490. The van der Waals surface area contributed by atoms with Gasteiger partial charge in [-0.25, -0.2) is 4.98 Å². The number of nitrogens with one attached hydrogen (secondary N) is 1. The van der Waals surface area contributed by atoms with Crippen molar-refractivity contribution >= 4 is 43.9 Å². The van der Waals surface area contributed by atoms with E-state index in [0.29, 0.717) is 11.0 Å². The van der Waals surface area contributed by atoms with Crippen LogP contribution in [0.25, 0.3) is 11.0 Å². The summed E-state index contributed by atoms with van der Waals surface area (Å²) in [4.78, 5) is 18.6. The summed E-state index contributed by atoms with van der Waals surface area (Å²) >= 11 is 1.48. The number of aromatic nitrogens is 2. The first-order valence-electron chi connectivity index (χ1n) is 8.90. The fourth-order valence-corrected chi connectivity index (χ4v) is 5.22. The number of benzene rings is 1. The third kappa shape index (κ3) is 2.88. The topological polar surface area (TPSA) is 114 Å². The van der Waals surface area contributed by atoms with Gasteiger partial charge < -0.3 is 10.4 Å². The van der Waals surface area contributed by atoms with E-state index in [1.165, 1.54) is 28.2 Å². The third-order valence-corrected chi connectivity index (χ3v) is 6.95. The molecule has 0 saturated heterocycles. The van der Waals surface area contributed by atoms with Crippen LogP contribution in [-0.4, -0.2) is 28.9 Å². The van der Waals surface area contributed by atoms with Crippen LogP contribution >= 0.6 is 11.3 Å². The second-order valence-electron chi connectivity index (χ2n) is 6.60. The highest BCUT2D eigenvalue weighted by Crippen LogP contribution is 2.31. The number of hydrogen-bond acceptors (Lipinski definition) is 7. The molecule has 0 bridgehead atoms. The molecule has 0 fully saturated rings. The van der Waals surface area contributed by atoms with Crippen LogP contribution in [0.1, 0.15) is 10.4 Å². The molecule has 10 heteroatoms. The van der Waals surface area contributed by atoms with Gasteiger partial charge in [0.1, 0.15) is 21.9 Å². The van der Waals surface area contributed by atoms with Gasteiger partial charge in [0.05, 0.1) is 17.6 Å². The first kappa shape index (κ1) is 18.5. The largest absolute Gasteiger partial charge is 0.506 e. The number of anilines is 1. The van der Waals surface area contributed by atoms with Gasteiger partial charge in [-0.05, 0) is 35.7 Å². The summed E-state index contributed by atoms with van der Waals surface area (Å²) in [7, 11) is -4.04. The average molecular weight is 438 g/mol. The Morgan fingerprint density at radius 1 is 1.10 bits per heavy atom. The number of pyridine rings is 2. The summed E-state index contributed by atoms with van der Waals surface area (Å²) in [6.07, 6.45) is 1.53. The molecule has 0 unspecified atom stereocenters. The summed E-state index contributed by atoms with van der Waals surface area (Å²) in [5, 5.41) is 16.0. The van der Waals surface area contributed by atoms with Crippen molar-refractivity contribution in [2.45, 2.75) is 11.4 Å². The van der Waals surface area contributed by atoms with Crippen molar-refractivity contribution in [2.24, 2.45) is 4.40 Å². The zero-order chi connectivity index (χ0) is 20.9. The first-order valence-corrected chi connectivity index (χ1v) is 11.2.